The van der Waals surface area contributed by atoms with E-state index in [1.54, 1.807) is 0 Å². The zero-order chi connectivity index (χ0) is 7.15. The van der Waals surface area contributed by atoms with Crippen molar-refractivity contribution in [2.24, 2.45) is 0 Å². The largest absolute Gasteiger partial charge is 2.00 e. The topological polar surface area (TPSA) is 0 Å². The molecule has 0 aromatic heterocycles. The Bertz CT molecular complexity index is 62.6. The number of allylic oxidation sites excluding steroid dienone is 2. The standard InChI is InChI=1S/2C4H7.Zn/c2*1-4(2)3;/h2*1-2H2,3H3;/q2*-1;+2. The quantitative estimate of drug-likeness (QED) is 0.392. The first-order chi connectivity index (χ1) is 3.46. The van der Waals surface area contributed by atoms with Gasteiger partial charge in [0.1, 0.15) is 0 Å². The van der Waals surface area contributed by atoms with E-state index in [4.69, 9.17) is 0 Å². The summed E-state index contributed by atoms with van der Waals surface area (Å²) in [6, 6.07) is 0. The summed E-state index contributed by atoms with van der Waals surface area (Å²) in [6.45, 7) is 17.5. The molecule has 0 aromatic rings. The second-order valence-corrected chi connectivity index (χ2v) is 1.91. The predicted octanol–water partition coefficient (Wildman–Crippen LogP) is 2.79. The Morgan fingerprint density at radius 1 is 1.00 bits per heavy atom. The van der Waals surface area contributed by atoms with Crippen LogP contribution in [0.25, 0.3) is 0 Å². The third-order valence-electron chi connectivity index (χ3n) is 0. The third kappa shape index (κ3) is 10900. The van der Waals surface area contributed by atoms with Gasteiger partial charge in [0.05, 0.1) is 0 Å². The van der Waals surface area contributed by atoms with E-state index in [2.05, 4.69) is 27.0 Å². The van der Waals surface area contributed by atoms with Crippen molar-refractivity contribution in [3.05, 3.63) is 38.2 Å². The average molecular weight is 176 g/mol. The predicted molar refractivity (Wildman–Crippen MR) is 40.3 cm³/mol. The summed E-state index contributed by atoms with van der Waals surface area (Å²) in [5, 5.41) is 0. The van der Waals surface area contributed by atoms with Crippen LogP contribution >= 0.6 is 0 Å². The van der Waals surface area contributed by atoms with Crippen LogP contribution in [0.3, 0.4) is 0 Å². The van der Waals surface area contributed by atoms with Crippen LogP contribution in [-0.2, 0) is 19.5 Å². The van der Waals surface area contributed by atoms with Crippen LogP contribution in [0.5, 0.6) is 0 Å². The van der Waals surface area contributed by atoms with Crippen molar-refractivity contribution in [1.29, 1.82) is 0 Å². The molecule has 0 saturated carbocycles. The normalized spacial score (nSPS) is 5.56. The molecule has 0 rings (SSSR count). The maximum absolute atomic E-state index is 3.44. The van der Waals surface area contributed by atoms with Gasteiger partial charge in [-0.25, -0.2) is 38.2 Å². The fraction of sp³-hybridized carbons (Fsp3) is 0.250. The first-order valence-electron chi connectivity index (χ1n) is 2.41. The second kappa shape index (κ2) is 10.8. The maximum atomic E-state index is 3.44. The van der Waals surface area contributed by atoms with Crippen molar-refractivity contribution in [2.45, 2.75) is 13.8 Å². The van der Waals surface area contributed by atoms with Crippen LogP contribution in [0.1, 0.15) is 13.8 Å². The molecular formula is C8H14Zn. The first-order valence-corrected chi connectivity index (χ1v) is 2.41. The molecule has 0 fully saturated rings. The van der Waals surface area contributed by atoms with Crippen LogP contribution < -0.4 is 0 Å². The fourth-order valence-corrected chi connectivity index (χ4v) is 0. The van der Waals surface area contributed by atoms with Crippen LogP contribution in [0, 0.1) is 13.8 Å². The number of hydrogen-bond donors (Lipinski definition) is 0. The van der Waals surface area contributed by atoms with E-state index in [1.807, 2.05) is 13.8 Å². The Morgan fingerprint density at radius 2 is 1.00 bits per heavy atom. The summed E-state index contributed by atoms with van der Waals surface area (Å²) in [5.74, 6) is 0. The molecule has 0 unspecified atom stereocenters. The van der Waals surface area contributed by atoms with Gasteiger partial charge in [0.2, 0.25) is 0 Å². The number of hydrogen-bond acceptors (Lipinski definition) is 0. The van der Waals surface area contributed by atoms with E-state index < -0.39 is 0 Å². The van der Waals surface area contributed by atoms with E-state index >= 15 is 0 Å². The Balaban J connectivity index is -0.0000000720. The molecule has 0 radical (unpaired) electrons. The maximum Gasteiger partial charge on any atom is 2.00 e. The Kier molecular flexibility index (Phi) is 19.0. The van der Waals surface area contributed by atoms with Crippen molar-refractivity contribution in [3.63, 3.8) is 0 Å². The molecular weight excluding hydrogens is 161 g/mol. The summed E-state index contributed by atoms with van der Waals surface area (Å²) in [4.78, 5) is 0. The molecule has 0 aliphatic rings. The molecule has 48 valence electrons. The zero-order valence-corrected chi connectivity index (χ0v) is 9.50. The molecule has 0 amide bonds. The van der Waals surface area contributed by atoms with Gasteiger partial charge in [-0.05, 0) is 0 Å². The van der Waals surface area contributed by atoms with Crippen LogP contribution in [0.2, 0.25) is 0 Å². The SMILES string of the molecule is C=C([CH2-])C.C=C([CH2-])C.[Zn+2]. The monoisotopic (exact) mass is 174 g/mol. The van der Waals surface area contributed by atoms with Crippen molar-refractivity contribution in [3.8, 4) is 0 Å². The molecule has 0 spiro atoms. The molecule has 0 aromatic carbocycles. The van der Waals surface area contributed by atoms with Crippen molar-refractivity contribution >= 4 is 0 Å². The van der Waals surface area contributed by atoms with Gasteiger partial charge in [-0.2, -0.15) is 0 Å². The van der Waals surface area contributed by atoms with Gasteiger partial charge in [-0.3, -0.25) is 0 Å². The van der Waals surface area contributed by atoms with Crippen molar-refractivity contribution < 1.29 is 19.5 Å². The first kappa shape index (κ1) is 15.9. The summed E-state index contributed by atoms with van der Waals surface area (Å²) in [7, 11) is 0. The van der Waals surface area contributed by atoms with Gasteiger partial charge in [0.15, 0.2) is 0 Å². The van der Waals surface area contributed by atoms with Gasteiger partial charge in [0.25, 0.3) is 0 Å². The second-order valence-electron chi connectivity index (χ2n) is 1.91. The van der Waals surface area contributed by atoms with Crippen LogP contribution in [0.4, 0.5) is 0 Å². The van der Waals surface area contributed by atoms with Crippen molar-refractivity contribution in [2.75, 3.05) is 0 Å². The Labute approximate surface area is 71.8 Å². The van der Waals surface area contributed by atoms with E-state index in [0.29, 0.717) is 0 Å². The van der Waals surface area contributed by atoms with E-state index in [9.17, 15) is 0 Å². The summed E-state index contributed by atoms with van der Waals surface area (Å²) in [5.41, 5.74) is 1.83. The minimum atomic E-state index is 0. The molecule has 0 N–H and O–H groups in total. The molecule has 0 nitrogen and oxygen atoms in total. The van der Waals surface area contributed by atoms with E-state index in [1.165, 1.54) is 0 Å². The zero-order valence-electron chi connectivity index (χ0n) is 6.54. The Hall–Kier alpha value is -0.157. The molecule has 1 heteroatoms. The van der Waals surface area contributed by atoms with Gasteiger partial charge < -0.3 is 0 Å². The molecule has 9 heavy (non-hydrogen) atoms. The van der Waals surface area contributed by atoms with Crippen LogP contribution in [0.15, 0.2) is 24.3 Å². The molecule has 0 heterocycles. The van der Waals surface area contributed by atoms with E-state index in [-0.39, 0.29) is 19.5 Å². The third-order valence-corrected chi connectivity index (χ3v) is 0. The summed E-state index contributed by atoms with van der Waals surface area (Å²) < 4.78 is 0. The smallest absolute Gasteiger partial charge is 0.242 e. The van der Waals surface area contributed by atoms with Crippen molar-refractivity contribution in [1.82, 2.24) is 0 Å². The molecule has 0 aliphatic heterocycles. The van der Waals surface area contributed by atoms with Gasteiger partial charge in [-0.15, -0.1) is 0 Å². The minimum absolute atomic E-state index is 0. The summed E-state index contributed by atoms with van der Waals surface area (Å²) in [6.07, 6.45) is 0. The molecule has 0 saturated heterocycles. The summed E-state index contributed by atoms with van der Waals surface area (Å²) >= 11 is 0. The van der Waals surface area contributed by atoms with Gasteiger partial charge in [0, 0.05) is 0 Å². The van der Waals surface area contributed by atoms with Gasteiger partial charge in [-0.1, -0.05) is 13.8 Å². The Morgan fingerprint density at radius 3 is 1.00 bits per heavy atom. The molecule has 0 atom stereocenters. The molecule has 0 aliphatic carbocycles. The fourth-order valence-electron chi connectivity index (χ4n) is 0. The average Bonchev–Trinajstić information content (AvgIpc) is 1.25. The van der Waals surface area contributed by atoms with Gasteiger partial charge >= 0.3 is 19.5 Å². The minimum Gasteiger partial charge on any atom is -0.242 e. The van der Waals surface area contributed by atoms with Crippen LogP contribution in [-0.4, -0.2) is 0 Å². The van der Waals surface area contributed by atoms with E-state index in [0.717, 1.165) is 11.1 Å². The molecule has 0 bridgehead atoms. The number of rotatable bonds is 0.